The van der Waals surface area contributed by atoms with Gasteiger partial charge in [0.15, 0.2) is 11.9 Å². The van der Waals surface area contributed by atoms with Gasteiger partial charge < -0.3 is 15.0 Å². The molecule has 0 aliphatic heterocycles. The third-order valence-electron chi connectivity index (χ3n) is 4.38. The molecule has 1 aromatic carbocycles. The lowest BCUT2D eigenvalue weighted by Crippen LogP contribution is -2.30. The number of nitrogens with one attached hydrogen (secondary N) is 2. The summed E-state index contributed by atoms with van der Waals surface area (Å²) in [7, 11) is 0. The molecule has 3 aromatic rings. The van der Waals surface area contributed by atoms with Crippen LogP contribution in [0, 0.1) is 13.8 Å². The topological polar surface area (TPSA) is 101 Å². The van der Waals surface area contributed by atoms with Gasteiger partial charge in [-0.05, 0) is 38.0 Å². The van der Waals surface area contributed by atoms with Gasteiger partial charge in [-0.2, -0.15) is 0 Å². The average molecular weight is 411 g/mol. The molecule has 1 atom stereocenters. The van der Waals surface area contributed by atoms with Gasteiger partial charge >= 0.3 is 5.97 Å². The maximum atomic E-state index is 12.3. The van der Waals surface area contributed by atoms with Gasteiger partial charge in [-0.15, -0.1) is 11.3 Å². The lowest BCUT2D eigenvalue weighted by molar-refractivity contribution is -0.148. The van der Waals surface area contributed by atoms with Crippen molar-refractivity contribution < 1.29 is 14.3 Å². The van der Waals surface area contributed by atoms with Crippen molar-refractivity contribution in [3.63, 3.8) is 0 Å². The minimum Gasteiger partial charge on any atom is -0.453 e. The Kier molecular flexibility index (Phi) is 6.23. The fourth-order valence-corrected chi connectivity index (χ4v) is 3.75. The number of amides is 1. The predicted molar refractivity (Wildman–Crippen MR) is 113 cm³/mol. The van der Waals surface area contributed by atoms with Crippen molar-refractivity contribution in [2.45, 2.75) is 26.9 Å². The van der Waals surface area contributed by atoms with E-state index in [1.165, 1.54) is 17.4 Å². The van der Waals surface area contributed by atoms with Crippen molar-refractivity contribution in [3.8, 4) is 0 Å². The second-order valence-corrected chi connectivity index (χ2v) is 7.71. The molecule has 2 N–H and O–H groups in total. The van der Waals surface area contributed by atoms with Crippen LogP contribution in [0.25, 0.3) is 16.3 Å². The molecule has 0 saturated heterocycles. The number of carbonyl (C=O) groups excluding carboxylic acids is 2. The van der Waals surface area contributed by atoms with E-state index in [0.29, 0.717) is 10.2 Å². The first kappa shape index (κ1) is 20.5. The van der Waals surface area contributed by atoms with Gasteiger partial charge in [0.1, 0.15) is 11.4 Å². The van der Waals surface area contributed by atoms with Gasteiger partial charge in [-0.3, -0.25) is 14.4 Å². The summed E-state index contributed by atoms with van der Waals surface area (Å²) in [4.78, 5) is 44.9. The number of aryl methyl sites for hydroxylation is 2. The molecule has 1 amide bonds. The minimum atomic E-state index is -0.751. The second kappa shape index (κ2) is 8.83. The Morgan fingerprint density at radius 2 is 2.00 bits per heavy atom. The van der Waals surface area contributed by atoms with E-state index in [4.69, 9.17) is 4.74 Å². The SMILES string of the molecule is Cc1sc2nc([C@@H](C)OC(=O)CNC(=O)/C=C/c3ccccc3)[nH]c(=O)c2c1C. The minimum absolute atomic E-state index is 0.255. The van der Waals surface area contributed by atoms with E-state index >= 15 is 0 Å². The third kappa shape index (κ3) is 4.97. The van der Waals surface area contributed by atoms with Crippen molar-refractivity contribution >= 4 is 39.5 Å². The Bertz CT molecular complexity index is 1130. The van der Waals surface area contributed by atoms with Crippen LogP contribution in [0.15, 0.2) is 41.2 Å². The van der Waals surface area contributed by atoms with Crippen molar-refractivity contribution in [1.82, 2.24) is 15.3 Å². The molecule has 3 rings (SSSR count). The summed E-state index contributed by atoms with van der Waals surface area (Å²) < 4.78 is 5.28. The summed E-state index contributed by atoms with van der Waals surface area (Å²) in [6.45, 7) is 5.14. The Hall–Kier alpha value is -3.26. The van der Waals surface area contributed by atoms with Crippen LogP contribution >= 0.6 is 11.3 Å². The van der Waals surface area contributed by atoms with E-state index in [1.54, 1.807) is 13.0 Å². The number of aromatic amines is 1. The average Bonchev–Trinajstić information content (AvgIpc) is 2.99. The zero-order valence-corrected chi connectivity index (χ0v) is 17.1. The van der Waals surface area contributed by atoms with E-state index in [9.17, 15) is 14.4 Å². The molecule has 0 saturated carbocycles. The number of thiophene rings is 1. The van der Waals surface area contributed by atoms with Crippen LogP contribution < -0.4 is 10.9 Å². The molecule has 7 nitrogen and oxygen atoms in total. The number of nitrogens with zero attached hydrogens (tertiary/aromatic N) is 1. The first-order valence-electron chi connectivity index (χ1n) is 9.05. The Balaban J connectivity index is 1.58. The van der Waals surface area contributed by atoms with E-state index in [1.807, 2.05) is 44.2 Å². The van der Waals surface area contributed by atoms with Crippen LogP contribution in [0.3, 0.4) is 0 Å². The monoisotopic (exact) mass is 411 g/mol. The molecule has 0 spiro atoms. The highest BCUT2D eigenvalue weighted by molar-refractivity contribution is 7.18. The molecular weight excluding hydrogens is 390 g/mol. The number of H-pyrrole nitrogens is 1. The zero-order valence-electron chi connectivity index (χ0n) is 16.3. The molecule has 2 aromatic heterocycles. The van der Waals surface area contributed by atoms with Gasteiger partial charge in [0.05, 0.1) is 5.39 Å². The number of fused-ring (bicyclic) bond motifs is 1. The highest BCUT2D eigenvalue weighted by atomic mass is 32.1. The zero-order chi connectivity index (χ0) is 21.0. The largest absolute Gasteiger partial charge is 0.453 e. The molecule has 0 aliphatic carbocycles. The van der Waals surface area contributed by atoms with Gasteiger partial charge in [0.25, 0.3) is 5.56 Å². The fraction of sp³-hybridized carbons (Fsp3) is 0.238. The van der Waals surface area contributed by atoms with Gasteiger partial charge in [0.2, 0.25) is 5.91 Å². The number of benzene rings is 1. The van der Waals surface area contributed by atoms with Crippen molar-refractivity contribution in [2.24, 2.45) is 0 Å². The number of esters is 1. The number of aromatic nitrogens is 2. The van der Waals surface area contributed by atoms with Crippen LogP contribution in [0.5, 0.6) is 0 Å². The summed E-state index contributed by atoms with van der Waals surface area (Å²) in [5.74, 6) is -0.761. The number of hydrogen-bond acceptors (Lipinski definition) is 6. The molecular formula is C21H21N3O4S. The molecule has 0 radical (unpaired) electrons. The molecule has 0 bridgehead atoms. The van der Waals surface area contributed by atoms with E-state index in [2.05, 4.69) is 15.3 Å². The number of ether oxygens (including phenoxy) is 1. The lowest BCUT2D eigenvalue weighted by atomic mass is 10.2. The third-order valence-corrected chi connectivity index (χ3v) is 5.49. The van der Waals surface area contributed by atoms with Crippen LogP contribution in [-0.4, -0.2) is 28.4 Å². The summed E-state index contributed by atoms with van der Waals surface area (Å²) in [5.41, 5.74) is 1.53. The van der Waals surface area contributed by atoms with E-state index in [0.717, 1.165) is 16.0 Å². The molecule has 0 aliphatic rings. The normalized spacial score (nSPS) is 12.2. The molecule has 29 heavy (non-hydrogen) atoms. The summed E-state index contributed by atoms with van der Waals surface area (Å²) >= 11 is 1.42. The number of hydrogen-bond donors (Lipinski definition) is 2. The van der Waals surface area contributed by atoms with Gasteiger partial charge in [0, 0.05) is 11.0 Å². The van der Waals surface area contributed by atoms with Crippen molar-refractivity contribution in [3.05, 3.63) is 68.6 Å². The molecule has 2 heterocycles. The molecule has 0 unspecified atom stereocenters. The van der Waals surface area contributed by atoms with E-state index in [-0.39, 0.29) is 17.9 Å². The maximum Gasteiger partial charge on any atom is 0.326 e. The van der Waals surface area contributed by atoms with Crippen LogP contribution in [-0.2, 0) is 14.3 Å². The Morgan fingerprint density at radius 1 is 1.28 bits per heavy atom. The molecule has 150 valence electrons. The highest BCUT2D eigenvalue weighted by Gasteiger charge is 2.18. The Labute approximate surface area is 171 Å². The first-order valence-corrected chi connectivity index (χ1v) is 9.87. The molecule has 8 heteroatoms. The number of rotatable bonds is 6. The summed E-state index contributed by atoms with van der Waals surface area (Å²) in [5, 5.41) is 3.03. The Morgan fingerprint density at radius 3 is 2.72 bits per heavy atom. The van der Waals surface area contributed by atoms with Gasteiger partial charge in [-0.25, -0.2) is 4.98 Å². The fourth-order valence-electron chi connectivity index (χ4n) is 2.71. The summed E-state index contributed by atoms with van der Waals surface area (Å²) in [6, 6.07) is 9.34. The van der Waals surface area contributed by atoms with Crippen molar-refractivity contribution in [1.29, 1.82) is 0 Å². The van der Waals surface area contributed by atoms with Crippen LogP contribution in [0.2, 0.25) is 0 Å². The van der Waals surface area contributed by atoms with Crippen LogP contribution in [0.1, 0.15) is 34.9 Å². The van der Waals surface area contributed by atoms with Gasteiger partial charge in [-0.1, -0.05) is 30.3 Å². The maximum absolute atomic E-state index is 12.3. The predicted octanol–water partition coefficient (Wildman–Crippen LogP) is 3.04. The quantitative estimate of drug-likeness (QED) is 0.480. The van der Waals surface area contributed by atoms with E-state index < -0.39 is 18.0 Å². The van der Waals surface area contributed by atoms with Crippen LogP contribution in [0.4, 0.5) is 0 Å². The smallest absolute Gasteiger partial charge is 0.326 e. The molecule has 0 fully saturated rings. The highest BCUT2D eigenvalue weighted by Crippen LogP contribution is 2.26. The standard InChI is InChI=1S/C21H21N3O4S/c1-12-14(3)29-21-18(12)20(27)23-19(24-21)13(2)28-17(26)11-22-16(25)10-9-15-7-5-4-6-8-15/h4-10,13H,11H2,1-3H3,(H,22,25)(H,23,24,27)/b10-9+/t13-/m1/s1. The lowest BCUT2D eigenvalue weighted by Gasteiger charge is -2.12. The van der Waals surface area contributed by atoms with Crippen molar-refractivity contribution in [2.75, 3.05) is 6.54 Å². The number of carbonyl (C=O) groups is 2. The first-order chi connectivity index (χ1) is 13.8. The summed E-state index contributed by atoms with van der Waals surface area (Å²) in [6.07, 6.45) is 2.25. The second-order valence-electron chi connectivity index (χ2n) is 6.51.